The molecule has 20 heavy (non-hydrogen) atoms. The summed E-state index contributed by atoms with van der Waals surface area (Å²) < 4.78 is 18.5. The van der Waals surface area contributed by atoms with Gasteiger partial charge in [0.1, 0.15) is 0 Å². The van der Waals surface area contributed by atoms with Crippen molar-refractivity contribution in [2.24, 2.45) is 0 Å². The van der Waals surface area contributed by atoms with Gasteiger partial charge in [-0.05, 0) is 44.0 Å². The average molecular weight is 303 g/mol. The van der Waals surface area contributed by atoms with Gasteiger partial charge in [-0.2, -0.15) is 0 Å². The van der Waals surface area contributed by atoms with E-state index in [0.29, 0.717) is 0 Å². The first-order valence-corrected chi connectivity index (χ1v) is 6.49. The maximum absolute atomic E-state index is 13.6. The van der Waals surface area contributed by atoms with Crippen LogP contribution in [0.1, 0.15) is 31.4 Å². The summed E-state index contributed by atoms with van der Waals surface area (Å²) in [6, 6.07) is 4.38. The zero-order chi connectivity index (χ0) is 13.8. The molecule has 0 bridgehead atoms. The Kier molecular flexibility index (Phi) is 6.23. The van der Waals surface area contributed by atoms with E-state index in [9.17, 15) is 9.18 Å². The van der Waals surface area contributed by atoms with E-state index < -0.39 is 5.82 Å². The van der Waals surface area contributed by atoms with E-state index in [0.717, 1.165) is 24.9 Å². The number of amides is 1. The largest absolute Gasteiger partial charge is 0.494 e. The Balaban J connectivity index is 0.00000200. The van der Waals surface area contributed by atoms with Gasteiger partial charge >= 0.3 is 0 Å². The molecule has 112 valence electrons. The molecule has 1 fully saturated rings. The van der Waals surface area contributed by atoms with Crippen molar-refractivity contribution in [2.45, 2.75) is 31.8 Å². The molecule has 0 aromatic heterocycles. The van der Waals surface area contributed by atoms with Gasteiger partial charge in [0, 0.05) is 0 Å². The fourth-order valence-corrected chi connectivity index (χ4v) is 2.26. The number of hydrogen-bond donors (Lipinski definition) is 2. The maximum Gasteiger partial charge on any atom is 0.237 e. The van der Waals surface area contributed by atoms with Crippen molar-refractivity contribution in [2.75, 3.05) is 13.7 Å². The average Bonchev–Trinajstić information content (AvgIpc) is 2.92. The Morgan fingerprint density at radius 1 is 1.55 bits per heavy atom. The molecule has 1 saturated heterocycles. The lowest BCUT2D eigenvalue weighted by molar-refractivity contribution is -0.123. The lowest BCUT2D eigenvalue weighted by Crippen LogP contribution is -2.41. The first-order chi connectivity index (χ1) is 9.11. The second-order valence-corrected chi connectivity index (χ2v) is 4.77. The van der Waals surface area contributed by atoms with Gasteiger partial charge in [0.25, 0.3) is 0 Å². The second-order valence-electron chi connectivity index (χ2n) is 4.77. The van der Waals surface area contributed by atoms with Crippen LogP contribution in [-0.4, -0.2) is 25.6 Å². The summed E-state index contributed by atoms with van der Waals surface area (Å²) in [5.41, 5.74) is 0.727. The minimum absolute atomic E-state index is 0. The van der Waals surface area contributed by atoms with Gasteiger partial charge < -0.3 is 15.4 Å². The molecule has 0 aliphatic carbocycles. The minimum atomic E-state index is -0.417. The second kappa shape index (κ2) is 7.45. The fourth-order valence-electron chi connectivity index (χ4n) is 2.26. The van der Waals surface area contributed by atoms with Gasteiger partial charge in [-0.1, -0.05) is 6.07 Å². The van der Waals surface area contributed by atoms with Crippen molar-refractivity contribution in [3.05, 3.63) is 29.6 Å². The van der Waals surface area contributed by atoms with Crippen LogP contribution in [0.25, 0.3) is 0 Å². The Bertz CT molecular complexity index is 464. The van der Waals surface area contributed by atoms with E-state index in [-0.39, 0.29) is 36.1 Å². The molecule has 0 radical (unpaired) electrons. The Morgan fingerprint density at radius 2 is 2.30 bits per heavy atom. The summed E-state index contributed by atoms with van der Waals surface area (Å²) in [7, 11) is 1.43. The van der Waals surface area contributed by atoms with Crippen LogP contribution in [0.5, 0.6) is 5.75 Å². The quantitative estimate of drug-likeness (QED) is 0.896. The van der Waals surface area contributed by atoms with Crippen molar-refractivity contribution in [3.8, 4) is 5.75 Å². The van der Waals surface area contributed by atoms with E-state index in [4.69, 9.17) is 4.74 Å². The Morgan fingerprint density at radius 3 is 2.85 bits per heavy atom. The Hall–Kier alpha value is -1.33. The predicted octanol–water partition coefficient (Wildman–Crippen LogP) is 2.19. The fraction of sp³-hybridized carbons (Fsp3) is 0.500. The van der Waals surface area contributed by atoms with E-state index in [2.05, 4.69) is 10.6 Å². The minimum Gasteiger partial charge on any atom is -0.494 e. The first kappa shape index (κ1) is 16.7. The highest BCUT2D eigenvalue weighted by Crippen LogP contribution is 2.22. The van der Waals surface area contributed by atoms with Gasteiger partial charge in [0.15, 0.2) is 11.6 Å². The molecule has 0 saturated carbocycles. The third-order valence-corrected chi connectivity index (χ3v) is 3.41. The summed E-state index contributed by atoms with van der Waals surface area (Å²) in [4.78, 5) is 11.9. The maximum atomic E-state index is 13.6. The van der Waals surface area contributed by atoms with Gasteiger partial charge in [0.05, 0.1) is 19.2 Å². The zero-order valence-electron chi connectivity index (χ0n) is 11.6. The van der Waals surface area contributed by atoms with Crippen LogP contribution < -0.4 is 15.4 Å². The van der Waals surface area contributed by atoms with Crippen molar-refractivity contribution >= 4 is 18.3 Å². The number of rotatable bonds is 4. The molecule has 1 unspecified atom stereocenters. The van der Waals surface area contributed by atoms with Crippen molar-refractivity contribution in [1.82, 2.24) is 10.6 Å². The molecule has 2 atom stereocenters. The molecule has 0 spiro atoms. The topological polar surface area (TPSA) is 50.4 Å². The number of methoxy groups -OCH3 is 1. The molecule has 1 aliphatic rings. The number of nitrogens with one attached hydrogen (secondary N) is 2. The van der Waals surface area contributed by atoms with Gasteiger partial charge in [-0.25, -0.2) is 4.39 Å². The van der Waals surface area contributed by atoms with Crippen molar-refractivity contribution in [1.29, 1.82) is 0 Å². The molecular formula is C14H20ClFN2O2. The monoisotopic (exact) mass is 302 g/mol. The van der Waals surface area contributed by atoms with E-state index in [1.807, 2.05) is 6.92 Å². The number of benzene rings is 1. The van der Waals surface area contributed by atoms with Crippen LogP contribution in [0, 0.1) is 5.82 Å². The van der Waals surface area contributed by atoms with Crippen LogP contribution in [0.15, 0.2) is 18.2 Å². The van der Waals surface area contributed by atoms with Gasteiger partial charge in [-0.15, -0.1) is 12.4 Å². The van der Waals surface area contributed by atoms with Crippen LogP contribution in [0.2, 0.25) is 0 Å². The summed E-state index contributed by atoms with van der Waals surface area (Å²) in [6.45, 7) is 2.72. The number of halogens is 2. The van der Waals surface area contributed by atoms with Crippen LogP contribution in [0.4, 0.5) is 4.39 Å². The molecule has 1 aromatic rings. The standard InChI is InChI=1S/C14H19FN2O2.ClH/c1-9(17-14(18)12-4-3-7-16-12)10-5-6-13(19-2)11(15)8-10;/h5-6,8-9,12,16H,3-4,7H2,1-2H3,(H,17,18);1H/t9?,12-;/m0./s1. The lowest BCUT2D eigenvalue weighted by atomic mass is 10.1. The molecule has 6 heteroatoms. The van der Waals surface area contributed by atoms with Gasteiger partial charge in [0.2, 0.25) is 5.91 Å². The molecule has 1 heterocycles. The third kappa shape index (κ3) is 3.84. The first-order valence-electron chi connectivity index (χ1n) is 6.49. The molecule has 2 rings (SSSR count). The molecule has 1 aliphatic heterocycles. The van der Waals surface area contributed by atoms with Gasteiger partial charge in [-0.3, -0.25) is 4.79 Å². The summed E-state index contributed by atoms with van der Waals surface area (Å²) in [5, 5.41) is 6.03. The number of hydrogen-bond acceptors (Lipinski definition) is 3. The van der Waals surface area contributed by atoms with Crippen LogP contribution in [0.3, 0.4) is 0 Å². The Labute approximate surface area is 124 Å². The number of ether oxygens (including phenoxy) is 1. The summed E-state index contributed by atoms with van der Waals surface area (Å²) in [5.74, 6) is -0.235. The predicted molar refractivity (Wildman–Crippen MR) is 77.8 cm³/mol. The number of carbonyl (C=O) groups is 1. The molecular weight excluding hydrogens is 283 g/mol. The van der Waals surface area contributed by atoms with Crippen molar-refractivity contribution < 1.29 is 13.9 Å². The highest BCUT2D eigenvalue weighted by Gasteiger charge is 2.23. The number of carbonyl (C=O) groups excluding carboxylic acids is 1. The molecule has 4 nitrogen and oxygen atoms in total. The lowest BCUT2D eigenvalue weighted by Gasteiger charge is -2.18. The zero-order valence-corrected chi connectivity index (χ0v) is 12.4. The summed E-state index contributed by atoms with van der Waals surface area (Å²) >= 11 is 0. The van der Waals surface area contributed by atoms with E-state index in [1.54, 1.807) is 12.1 Å². The van der Waals surface area contributed by atoms with E-state index in [1.165, 1.54) is 13.2 Å². The highest BCUT2D eigenvalue weighted by atomic mass is 35.5. The molecule has 1 amide bonds. The molecule has 2 N–H and O–H groups in total. The van der Waals surface area contributed by atoms with Crippen molar-refractivity contribution in [3.63, 3.8) is 0 Å². The van der Waals surface area contributed by atoms with E-state index >= 15 is 0 Å². The molecule has 1 aromatic carbocycles. The normalized spacial score (nSPS) is 19.1. The highest BCUT2D eigenvalue weighted by molar-refractivity contribution is 5.85. The SMILES string of the molecule is COc1ccc(C(C)NC(=O)[C@@H]2CCCN2)cc1F.Cl. The van der Waals surface area contributed by atoms with Crippen LogP contribution in [-0.2, 0) is 4.79 Å². The smallest absolute Gasteiger partial charge is 0.237 e. The third-order valence-electron chi connectivity index (χ3n) is 3.41. The van der Waals surface area contributed by atoms with Crippen LogP contribution >= 0.6 is 12.4 Å². The summed E-state index contributed by atoms with van der Waals surface area (Å²) in [6.07, 6.45) is 1.87.